The van der Waals surface area contributed by atoms with E-state index in [0.29, 0.717) is 23.6 Å². The van der Waals surface area contributed by atoms with Crippen LogP contribution in [0.1, 0.15) is 23.7 Å². The molecule has 1 aromatic carbocycles. The number of hydrogen-bond donors (Lipinski definition) is 2. The molecule has 2 atom stereocenters. The van der Waals surface area contributed by atoms with Crippen LogP contribution >= 0.6 is 11.6 Å². The van der Waals surface area contributed by atoms with Crippen molar-refractivity contribution in [1.29, 1.82) is 0 Å². The lowest BCUT2D eigenvalue weighted by atomic mass is 10.00. The second-order valence-corrected chi connectivity index (χ2v) is 4.11. The van der Waals surface area contributed by atoms with Gasteiger partial charge in [0.15, 0.2) is 0 Å². The summed E-state index contributed by atoms with van der Waals surface area (Å²) in [6.45, 7) is 1.92. The van der Waals surface area contributed by atoms with Crippen LogP contribution in [0.3, 0.4) is 0 Å². The van der Waals surface area contributed by atoms with E-state index in [1.54, 1.807) is 12.1 Å². The zero-order valence-corrected chi connectivity index (χ0v) is 10.2. The fourth-order valence-corrected chi connectivity index (χ4v) is 1.79. The van der Waals surface area contributed by atoms with Gasteiger partial charge in [0.25, 0.3) is 0 Å². The van der Waals surface area contributed by atoms with Gasteiger partial charge in [0.2, 0.25) is 0 Å². The van der Waals surface area contributed by atoms with Gasteiger partial charge in [0.1, 0.15) is 11.9 Å². The van der Waals surface area contributed by atoms with E-state index >= 15 is 0 Å². The number of rotatable bonds is 5. The molecule has 0 saturated carbocycles. The molecular weight excluding hydrogens is 228 g/mol. The molecule has 4 heteroatoms. The molecule has 0 aliphatic heterocycles. The van der Waals surface area contributed by atoms with Crippen molar-refractivity contribution in [2.75, 3.05) is 13.0 Å². The van der Waals surface area contributed by atoms with E-state index in [4.69, 9.17) is 16.3 Å². The van der Waals surface area contributed by atoms with Crippen LogP contribution in [0, 0.1) is 6.92 Å². The smallest absolute Gasteiger partial charge is 0.124 e. The maximum atomic E-state index is 9.97. The van der Waals surface area contributed by atoms with Gasteiger partial charge in [-0.2, -0.15) is 0 Å². The minimum Gasteiger partial charge on any atom is -0.496 e. The monoisotopic (exact) mass is 244 g/mol. The minimum absolute atomic E-state index is 0.312. The van der Waals surface area contributed by atoms with Gasteiger partial charge in [0, 0.05) is 11.4 Å². The molecule has 1 aromatic rings. The standard InChI is InChI=1S/C12H17ClO3/c1-8-3-4-11(16-2)9(7-8)12(15)10(14)5-6-13/h3-4,7,10,12,14-15H,5-6H2,1-2H3. The number of alkyl halides is 1. The van der Waals surface area contributed by atoms with Crippen molar-refractivity contribution in [3.8, 4) is 5.75 Å². The second-order valence-electron chi connectivity index (χ2n) is 3.74. The van der Waals surface area contributed by atoms with Crippen molar-refractivity contribution >= 4 is 11.6 Å². The van der Waals surface area contributed by atoms with Gasteiger partial charge in [-0.15, -0.1) is 11.6 Å². The summed E-state index contributed by atoms with van der Waals surface area (Å²) in [6, 6.07) is 5.48. The van der Waals surface area contributed by atoms with Crippen LogP contribution in [0.25, 0.3) is 0 Å². The van der Waals surface area contributed by atoms with Crippen LogP contribution in [-0.4, -0.2) is 29.3 Å². The Morgan fingerprint density at radius 1 is 1.38 bits per heavy atom. The van der Waals surface area contributed by atoms with E-state index in [1.807, 2.05) is 13.0 Å². The number of halogens is 1. The first kappa shape index (κ1) is 13.3. The highest BCUT2D eigenvalue weighted by Gasteiger charge is 2.21. The fraction of sp³-hybridized carbons (Fsp3) is 0.500. The summed E-state index contributed by atoms with van der Waals surface area (Å²) < 4.78 is 5.15. The molecule has 90 valence electrons. The van der Waals surface area contributed by atoms with E-state index in [9.17, 15) is 10.2 Å². The summed E-state index contributed by atoms with van der Waals surface area (Å²) in [4.78, 5) is 0. The van der Waals surface area contributed by atoms with Gasteiger partial charge in [-0.25, -0.2) is 0 Å². The average Bonchev–Trinajstić information content (AvgIpc) is 2.28. The Labute approximate surface area is 101 Å². The SMILES string of the molecule is COc1ccc(C)cc1C(O)C(O)CCCl. The van der Waals surface area contributed by atoms with Crippen LogP contribution in [0.15, 0.2) is 18.2 Å². The van der Waals surface area contributed by atoms with Gasteiger partial charge >= 0.3 is 0 Å². The summed E-state index contributed by atoms with van der Waals surface area (Å²) in [5.41, 5.74) is 1.60. The number of benzene rings is 1. The van der Waals surface area contributed by atoms with Gasteiger partial charge in [-0.3, -0.25) is 0 Å². The van der Waals surface area contributed by atoms with Crippen molar-refractivity contribution in [2.45, 2.75) is 25.6 Å². The van der Waals surface area contributed by atoms with E-state index in [-0.39, 0.29) is 0 Å². The predicted octanol–water partition coefficient (Wildman–Crippen LogP) is 2.03. The highest BCUT2D eigenvalue weighted by molar-refractivity contribution is 6.17. The molecule has 2 unspecified atom stereocenters. The van der Waals surface area contributed by atoms with E-state index in [1.165, 1.54) is 7.11 Å². The Kier molecular flexibility index (Phi) is 5.06. The quantitative estimate of drug-likeness (QED) is 0.780. The lowest BCUT2D eigenvalue weighted by molar-refractivity contribution is 0.0156. The molecular formula is C12H17ClO3. The molecule has 0 saturated heterocycles. The van der Waals surface area contributed by atoms with Gasteiger partial charge in [-0.05, 0) is 25.5 Å². The fourth-order valence-electron chi connectivity index (χ4n) is 1.56. The normalized spacial score (nSPS) is 14.6. The molecule has 0 aromatic heterocycles. The number of aliphatic hydroxyl groups excluding tert-OH is 2. The molecule has 0 bridgehead atoms. The summed E-state index contributed by atoms with van der Waals surface area (Å²) in [6.07, 6.45) is -1.48. The van der Waals surface area contributed by atoms with Crippen LogP contribution < -0.4 is 4.74 Å². The lowest BCUT2D eigenvalue weighted by Crippen LogP contribution is -2.19. The van der Waals surface area contributed by atoms with Crippen molar-refractivity contribution < 1.29 is 14.9 Å². The molecule has 0 fully saturated rings. The molecule has 0 aliphatic carbocycles. The Balaban J connectivity index is 2.96. The van der Waals surface area contributed by atoms with Crippen LogP contribution in [0.5, 0.6) is 5.75 Å². The highest BCUT2D eigenvalue weighted by Crippen LogP contribution is 2.29. The third-order valence-electron chi connectivity index (χ3n) is 2.47. The number of ether oxygens (including phenoxy) is 1. The first-order valence-corrected chi connectivity index (χ1v) is 5.70. The summed E-state index contributed by atoms with van der Waals surface area (Å²) >= 11 is 5.53. The van der Waals surface area contributed by atoms with Gasteiger partial charge in [-0.1, -0.05) is 11.6 Å². The summed E-state index contributed by atoms with van der Waals surface area (Å²) in [5.74, 6) is 0.888. The molecule has 2 N–H and O–H groups in total. The van der Waals surface area contributed by atoms with Crippen LogP contribution in [0.4, 0.5) is 0 Å². The van der Waals surface area contributed by atoms with E-state index in [2.05, 4.69) is 0 Å². The molecule has 1 rings (SSSR count). The molecule has 16 heavy (non-hydrogen) atoms. The number of aryl methyl sites for hydroxylation is 1. The third kappa shape index (κ3) is 3.11. The van der Waals surface area contributed by atoms with Crippen molar-refractivity contribution in [3.63, 3.8) is 0 Å². The van der Waals surface area contributed by atoms with Crippen LogP contribution in [0.2, 0.25) is 0 Å². The lowest BCUT2D eigenvalue weighted by Gasteiger charge is -2.20. The Morgan fingerprint density at radius 3 is 2.62 bits per heavy atom. The summed E-state index contributed by atoms with van der Waals surface area (Å²) in [5, 5.41) is 19.7. The van der Waals surface area contributed by atoms with Gasteiger partial charge < -0.3 is 14.9 Å². The topological polar surface area (TPSA) is 49.7 Å². The molecule has 0 aliphatic rings. The Morgan fingerprint density at radius 2 is 2.06 bits per heavy atom. The Bertz CT molecular complexity index is 341. The highest BCUT2D eigenvalue weighted by atomic mass is 35.5. The van der Waals surface area contributed by atoms with Crippen molar-refractivity contribution in [3.05, 3.63) is 29.3 Å². The first-order chi connectivity index (χ1) is 7.60. The first-order valence-electron chi connectivity index (χ1n) is 5.16. The minimum atomic E-state index is -0.964. The summed E-state index contributed by atoms with van der Waals surface area (Å²) in [7, 11) is 1.54. The molecule has 3 nitrogen and oxygen atoms in total. The van der Waals surface area contributed by atoms with E-state index < -0.39 is 12.2 Å². The average molecular weight is 245 g/mol. The maximum Gasteiger partial charge on any atom is 0.124 e. The molecule has 0 heterocycles. The maximum absolute atomic E-state index is 9.97. The van der Waals surface area contributed by atoms with Crippen molar-refractivity contribution in [1.82, 2.24) is 0 Å². The van der Waals surface area contributed by atoms with Gasteiger partial charge in [0.05, 0.1) is 13.2 Å². The molecule has 0 amide bonds. The second kappa shape index (κ2) is 6.09. The van der Waals surface area contributed by atoms with Crippen LogP contribution in [-0.2, 0) is 0 Å². The number of methoxy groups -OCH3 is 1. The number of hydrogen-bond acceptors (Lipinski definition) is 3. The zero-order chi connectivity index (χ0) is 12.1. The zero-order valence-electron chi connectivity index (χ0n) is 9.48. The Hall–Kier alpha value is -0.770. The largest absolute Gasteiger partial charge is 0.496 e. The molecule has 0 spiro atoms. The predicted molar refractivity (Wildman–Crippen MR) is 64.0 cm³/mol. The molecule has 0 radical (unpaired) electrons. The van der Waals surface area contributed by atoms with E-state index in [0.717, 1.165) is 5.56 Å². The third-order valence-corrected chi connectivity index (χ3v) is 2.69. The number of aliphatic hydroxyl groups is 2. The van der Waals surface area contributed by atoms with Crippen molar-refractivity contribution in [2.24, 2.45) is 0 Å².